The van der Waals surface area contributed by atoms with E-state index in [-0.39, 0.29) is 0 Å². The van der Waals surface area contributed by atoms with Gasteiger partial charge in [0.05, 0.1) is 0 Å². The lowest BCUT2D eigenvalue weighted by Crippen LogP contribution is -2.37. The van der Waals surface area contributed by atoms with E-state index >= 15 is 0 Å². The Morgan fingerprint density at radius 2 is 2.41 bits per heavy atom. The van der Waals surface area contributed by atoms with Crippen molar-refractivity contribution >= 4 is 11.3 Å². The Morgan fingerprint density at radius 3 is 3.00 bits per heavy atom. The van der Waals surface area contributed by atoms with Crippen LogP contribution in [0.15, 0.2) is 16.8 Å². The lowest BCUT2D eigenvalue weighted by Gasteiger charge is -2.32. The number of nitrogens with one attached hydrogen (secondary N) is 1. The van der Waals surface area contributed by atoms with Crippen LogP contribution in [0.3, 0.4) is 0 Å². The normalized spacial score (nSPS) is 24.6. The molecular weight excluding hydrogens is 228 g/mol. The maximum atomic E-state index is 3.54. The van der Waals surface area contributed by atoms with Crippen LogP contribution >= 0.6 is 11.3 Å². The van der Waals surface area contributed by atoms with E-state index in [0.29, 0.717) is 5.41 Å². The van der Waals surface area contributed by atoms with Crippen molar-refractivity contribution in [3.05, 3.63) is 22.4 Å². The van der Waals surface area contributed by atoms with Gasteiger partial charge in [0, 0.05) is 19.6 Å². The second-order valence-corrected chi connectivity index (χ2v) is 6.26. The third kappa shape index (κ3) is 3.54. The Hall–Kier alpha value is -0.380. The van der Waals surface area contributed by atoms with E-state index in [1.165, 1.54) is 44.5 Å². The van der Waals surface area contributed by atoms with Gasteiger partial charge in [-0.05, 0) is 54.2 Å². The predicted molar refractivity (Wildman–Crippen MR) is 75.5 cm³/mol. The van der Waals surface area contributed by atoms with Crippen molar-refractivity contribution in [2.75, 3.05) is 26.7 Å². The van der Waals surface area contributed by atoms with Crippen molar-refractivity contribution in [3.63, 3.8) is 0 Å². The zero-order chi connectivity index (χ0) is 12.1. The summed E-state index contributed by atoms with van der Waals surface area (Å²) < 4.78 is 0. The molecule has 17 heavy (non-hydrogen) atoms. The topological polar surface area (TPSA) is 15.3 Å². The molecule has 1 aromatic heterocycles. The summed E-state index contributed by atoms with van der Waals surface area (Å²) in [5.41, 5.74) is 1.98. The molecule has 0 aliphatic carbocycles. The van der Waals surface area contributed by atoms with Crippen LogP contribution in [-0.2, 0) is 6.54 Å². The minimum Gasteiger partial charge on any atom is -0.316 e. The number of hydrogen-bond acceptors (Lipinski definition) is 3. The standard InChI is InChI=1S/C14H24N2S/c1-3-5-14(6-7-15-11-14)12-16(2)9-13-4-8-17-10-13/h4,8,10,15H,3,5-7,9,11-12H2,1-2H3. The fourth-order valence-corrected chi connectivity index (χ4v) is 3.74. The molecular formula is C14H24N2S. The third-order valence-corrected chi connectivity index (χ3v) is 4.48. The molecule has 0 amide bonds. The highest BCUT2D eigenvalue weighted by Crippen LogP contribution is 2.32. The first-order valence-electron chi connectivity index (χ1n) is 6.64. The van der Waals surface area contributed by atoms with Gasteiger partial charge in [0.25, 0.3) is 0 Å². The van der Waals surface area contributed by atoms with Gasteiger partial charge >= 0.3 is 0 Å². The van der Waals surface area contributed by atoms with Gasteiger partial charge in [0.1, 0.15) is 0 Å². The van der Waals surface area contributed by atoms with Crippen LogP contribution in [0.1, 0.15) is 31.7 Å². The molecule has 1 saturated heterocycles. The van der Waals surface area contributed by atoms with E-state index < -0.39 is 0 Å². The largest absolute Gasteiger partial charge is 0.316 e. The molecule has 1 aromatic rings. The number of hydrogen-bond donors (Lipinski definition) is 1. The van der Waals surface area contributed by atoms with Crippen molar-refractivity contribution in [1.82, 2.24) is 10.2 Å². The van der Waals surface area contributed by atoms with Crippen LogP contribution < -0.4 is 5.32 Å². The first-order chi connectivity index (χ1) is 8.24. The van der Waals surface area contributed by atoms with Gasteiger partial charge in [-0.1, -0.05) is 13.3 Å². The van der Waals surface area contributed by atoms with E-state index in [1.807, 2.05) is 0 Å². The van der Waals surface area contributed by atoms with Crippen LogP contribution in [-0.4, -0.2) is 31.6 Å². The summed E-state index contributed by atoms with van der Waals surface area (Å²) in [4.78, 5) is 2.49. The van der Waals surface area contributed by atoms with Gasteiger partial charge in [0.2, 0.25) is 0 Å². The average molecular weight is 252 g/mol. The van der Waals surface area contributed by atoms with Crippen molar-refractivity contribution in [1.29, 1.82) is 0 Å². The Bertz CT molecular complexity index is 315. The molecule has 3 heteroatoms. The van der Waals surface area contributed by atoms with E-state index in [0.717, 1.165) is 6.54 Å². The molecule has 1 atom stereocenters. The van der Waals surface area contributed by atoms with Gasteiger partial charge in [-0.25, -0.2) is 0 Å². The molecule has 2 rings (SSSR count). The molecule has 1 fully saturated rings. The molecule has 2 nitrogen and oxygen atoms in total. The first kappa shape index (κ1) is 13.1. The van der Waals surface area contributed by atoms with Crippen LogP contribution in [0.4, 0.5) is 0 Å². The Morgan fingerprint density at radius 1 is 1.53 bits per heavy atom. The van der Waals surface area contributed by atoms with Gasteiger partial charge in [-0.15, -0.1) is 0 Å². The summed E-state index contributed by atoms with van der Waals surface area (Å²) in [7, 11) is 2.26. The van der Waals surface area contributed by atoms with Crippen LogP contribution in [0.5, 0.6) is 0 Å². The van der Waals surface area contributed by atoms with E-state index in [4.69, 9.17) is 0 Å². The second-order valence-electron chi connectivity index (χ2n) is 5.48. The van der Waals surface area contributed by atoms with Crippen molar-refractivity contribution < 1.29 is 0 Å². The average Bonchev–Trinajstić information content (AvgIpc) is 2.90. The molecule has 0 spiro atoms. The van der Waals surface area contributed by atoms with Crippen LogP contribution in [0.25, 0.3) is 0 Å². The number of nitrogens with zero attached hydrogens (tertiary/aromatic N) is 1. The van der Waals surface area contributed by atoms with Crippen molar-refractivity contribution in [2.45, 2.75) is 32.7 Å². The lowest BCUT2D eigenvalue weighted by atomic mass is 9.82. The fourth-order valence-electron chi connectivity index (χ4n) is 3.08. The maximum absolute atomic E-state index is 3.54. The van der Waals surface area contributed by atoms with Gasteiger partial charge < -0.3 is 10.2 Å². The third-order valence-electron chi connectivity index (χ3n) is 3.75. The molecule has 96 valence electrons. The maximum Gasteiger partial charge on any atom is 0.0239 e. The highest BCUT2D eigenvalue weighted by atomic mass is 32.1. The lowest BCUT2D eigenvalue weighted by molar-refractivity contribution is 0.172. The summed E-state index contributed by atoms with van der Waals surface area (Å²) in [6.45, 7) is 7.03. The quantitative estimate of drug-likeness (QED) is 0.837. The zero-order valence-corrected chi connectivity index (χ0v) is 11.9. The molecule has 1 unspecified atom stereocenters. The van der Waals surface area contributed by atoms with Gasteiger partial charge in [0.15, 0.2) is 0 Å². The van der Waals surface area contributed by atoms with Crippen LogP contribution in [0.2, 0.25) is 0 Å². The summed E-state index contributed by atoms with van der Waals surface area (Å²) in [5, 5.41) is 7.97. The van der Waals surface area contributed by atoms with E-state index in [9.17, 15) is 0 Å². The number of rotatable bonds is 6. The Kier molecular flexibility index (Phi) is 4.60. The van der Waals surface area contributed by atoms with Crippen molar-refractivity contribution in [3.8, 4) is 0 Å². The highest BCUT2D eigenvalue weighted by Gasteiger charge is 2.33. The zero-order valence-electron chi connectivity index (χ0n) is 11.0. The Balaban J connectivity index is 1.89. The summed E-state index contributed by atoms with van der Waals surface area (Å²) in [6.07, 6.45) is 4.00. The molecule has 2 heterocycles. The van der Waals surface area contributed by atoms with Crippen LogP contribution in [0, 0.1) is 5.41 Å². The monoisotopic (exact) mass is 252 g/mol. The molecule has 1 aliphatic heterocycles. The molecule has 0 bridgehead atoms. The fraction of sp³-hybridized carbons (Fsp3) is 0.714. The minimum absolute atomic E-state index is 0.527. The second kappa shape index (κ2) is 5.98. The minimum atomic E-state index is 0.527. The highest BCUT2D eigenvalue weighted by molar-refractivity contribution is 7.07. The van der Waals surface area contributed by atoms with Crippen molar-refractivity contribution in [2.24, 2.45) is 5.41 Å². The molecule has 1 aliphatic rings. The summed E-state index contributed by atoms with van der Waals surface area (Å²) in [5.74, 6) is 0. The van der Waals surface area contributed by atoms with Gasteiger partial charge in [-0.3, -0.25) is 0 Å². The smallest absolute Gasteiger partial charge is 0.0239 e. The van der Waals surface area contributed by atoms with Gasteiger partial charge in [-0.2, -0.15) is 11.3 Å². The number of thiophene rings is 1. The summed E-state index contributed by atoms with van der Waals surface area (Å²) in [6, 6.07) is 2.24. The molecule has 0 saturated carbocycles. The molecule has 1 N–H and O–H groups in total. The molecule has 0 aromatic carbocycles. The predicted octanol–water partition coefficient (Wildman–Crippen LogP) is 2.96. The van der Waals surface area contributed by atoms with E-state index in [2.05, 4.69) is 41.0 Å². The van der Waals surface area contributed by atoms with E-state index in [1.54, 1.807) is 11.3 Å². The SMILES string of the molecule is CCCC1(CN(C)Cc2ccsc2)CCNC1. The first-order valence-corrected chi connectivity index (χ1v) is 7.59. The molecule has 0 radical (unpaired) electrons. The Labute approximate surface area is 109 Å². The summed E-state index contributed by atoms with van der Waals surface area (Å²) >= 11 is 1.79.